The van der Waals surface area contributed by atoms with Crippen molar-refractivity contribution in [2.75, 3.05) is 33.0 Å². The Morgan fingerprint density at radius 1 is 0.627 bits per heavy atom. The molecule has 4 aliphatic heterocycles. The van der Waals surface area contributed by atoms with Gasteiger partial charge in [0.2, 0.25) is 5.91 Å². The Bertz CT molecular complexity index is 1060. The molecule has 0 spiro atoms. The van der Waals surface area contributed by atoms with Gasteiger partial charge in [-0.15, -0.1) is 0 Å². The number of rotatable bonds is 15. The first-order valence-electron chi connectivity index (χ1n) is 17.0. The fourth-order valence-electron chi connectivity index (χ4n) is 6.37. The standard InChI is InChI=1S/C30H53NO20/c1-3-4-5-44-27-12(37)6-13(14(7-32)46-27)45-30-24(43)26(21(40)17(10-35)49-30)51-28-18(31-11(2)36)25(20(39)16(9-34)47-28)50-29-23(42)22(41)19(38)15(8-33)48-29/h12-30,32-35,37-43H,3-10H2,1-2H3,(H,31,36)/t12-,13-,14?,15?,16?,17?,18-,19-,20+,21-,22?,23-,24-,25?,26?,27+,28-,29-,30+/m0/s1. The Morgan fingerprint density at radius 2 is 1.14 bits per heavy atom. The summed E-state index contributed by atoms with van der Waals surface area (Å²) in [7, 11) is 0. The maximum atomic E-state index is 12.4. The molecule has 4 fully saturated rings. The van der Waals surface area contributed by atoms with Gasteiger partial charge in [0.05, 0.1) is 32.5 Å². The predicted molar refractivity (Wildman–Crippen MR) is 163 cm³/mol. The fraction of sp³-hybridized carbons (Fsp3) is 0.967. The molecule has 12 N–H and O–H groups in total. The Hall–Kier alpha value is -1.29. The van der Waals surface area contributed by atoms with Crippen molar-refractivity contribution in [3.05, 3.63) is 0 Å². The van der Waals surface area contributed by atoms with Crippen molar-refractivity contribution in [2.24, 2.45) is 0 Å². The summed E-state index contributed by atoms with van der Waals surface area (Å²) in [6.45, 7) is 0.303. The summed E-state index contributed by atoms with van der Waals surface area (Å²) in [5.74, 6) is -0.723. The van der Waals surface area contributed by atoms with Crippen molar-refractivity contribution < 1.29 is 98.9 Å². The minimum Gasteiger partial charge on any atom is -0.394 e. The molecule has 4 rings (SSSR count). The highest BCUT2D eigenvalue weighted by Gasteiger charge is 2.55. The highest BCUT2D eigenvalue weighted by atomic mass is 16.8. The third-order valence-electron chi connectivity index (χ3n) is 9.26. The monoisotopic (exact) mass is 747 g/mol. The molecule has 4 aliphatic rings. The first kappa shape index (κ1) is 42.5. The number of carbonyl (C=O) groups excluding carboxylic acids is 1. The van der Waals surface area contributed by atoms with Crippen molar-refractivity contribution in [2.45, 2.75) is 150 Å². The van der Waals surface area contributed by atoms with Gasteiger partial charge < -0.3 is 99.4 Å². The minimum atomic E-state index is -1.92. The second-order valence-corrected chi connectivity index (χ2v) is 13.0. The van der Waals surface area contributed by atoms with Crippen molar-refractivity contribution in [1.29, 1.82) is 0 Å². The number of aliphatic hydroxyl groups is 11. The van der Waals surface area contributed by atoms with Crippen LogP contribution in [-0.4, -0.2) is 212 Å². The van der Waals surface area contributed by atoms with E-state index in [-0.39, 0.29) is 6.42 Å². The van der Waals surface area contributed by atoms with Gasteiger partial charge in [-0.3, -0.25) is 4.79 Å². The molecule has 1 amide bonds. The Balaban J connectivity index is 1.56. The molecule has 4 saturated heterocycles. The molecule has 21 heteroatoms. The van der Waals surface area contributed by atoms with E-state index in [0.29, 0.717) is 13.0 Å². The van der Waals surface area contributed by atoms with E-state index in [1.165, 1.54) is 0 Å². The first-order valence-corrected chi connectivity index (χ1v) is 17.0. The zero-order chi connectivity index (χ0) is 37.6. The Kier molecular flexibility index (Phi) is 16.1. The third-order valence-corrected chi connectivity index (χ3v) is 9.26. The lowest BCUT2D eigenvalue weighted by Crippen LogP contribution is -2.70. The molecular formula is C30H53NO20. The number of nitrogens with one attached hydrogen (secondary N) is 1. The molecule has 7 unspecified atom stereocenters. The van der Waals surface area contributed by atoms with Crippen molar-refractivity contribution in [1.82, 2.24) is 5.32 Å². The SMILES string of the molecule is CCCCO[C@@H]1OC(CO)[C@@H](O[C@@H]2OC(CO)[C@H](O)C(O[C@@H]3OC(CO)[C@@H](O)C(O[C@@H]4OC(CO)[C@H](O)C(O)[C@@H]4O)[C@@H]3NC(C)=O)[C@@H]2O)C[C@@H]1O. The van der Waals surface area contributed by atoms with Crippen LogP contribution in [0.2, 0.25) is 0 Å². The second-order valence-electron chi connectivity index (χ2n) is 13.0. The van der Waals surface area contributed by atoms with Gasteiger partial charge in [0.25, 0.3) is 0 Å². The molecule has 0 aromatic rings. The number of ether oxygens (including phenoxy) is 8. The number of unbranched alkanes of at least 4 members (excludes halogenated alkanes) is 1. The van der Waals surface area contributed by atoms with Crippen LogP contribution in [-0.2, 0) is 42.7 Å². The highest BCUT2D eigenvalue weighted by Crippen LogP contribution is 2.34. The van der Waals surface area contributed by atoms with E-state index in [2.05, 4.69) is 5.32 Å². The van der Waals surface area contributed by atoms with Crippen LogP contribution in [0.1, 0.15) is 33.1 Å². The van der Waals surface area contributed by atoms with E-state index >= 15 is 0 Å². The van der Waals surface area contributed by atoms with E-state index in [1.807, 2.05) is 6.92 Å². The molecule has 0 aromatic heterocycles. The van der Waals surface area contributed by atoms with E-state index in [9.17, 15) is 61.0 Å². The maximum absolute atomic E-state index is 12.4. The normalized spacial score (nSPS) is 46.5. The van der Waals surface area contributed by atoms with Gasteiger partial charge >= 0.3 is 0 Å². The van der Waals surface area contributed by atoms with E-state index in [4.69, 9.17) is 37.9 Å². The average Bonchev–Trinajstić information content (AvgIpc) is 3.10. The van der Waals surface area contributed by atoms with Gasteiger partial charge in [0, 0.05) is 20.0 Å². The summed E-state index contributed by atoms with van der Waals surface area (Å²) >= 11 is 0. The number of aliphatic hydroxyl groups excluding tert-OH is 11. The lowest BCUT2D eigenvalue weighted by atomic mass is 9.94. The molecular weight excluding hydrogens is 694 g/mol. The molecule has 51 heavy (non-hydrogen) atoms. The second kappa shape index (κ2) is 19.3. The topological polar surface area (TPSA) is 325 Å². The van der Waals surface area contributed by atoms with Gasteiger partial charge in [-0.2, -0.15) is 0 Å². The molecule has 4 heterocycles. The average molecular weight is 748 g/mol. The molecule has 298 valence electrons. The zero-order valence-electron chi connectivity index (χ0n) is 28.2. The minimum absolute atomic E-state index is 0.129. The summed E-state index contributed by atoms with van der Waals surface area (Å²) in [4.78, 5) is 12.4. The van der Waals surface area contributed by atoms with Crippen LogP contribution in [0.3, 0.4) is 0 Å². The Labute approximate surface area is 293 Å². The lowest BCUT2D eigenvalue weighted by Gasteiger charge is -2.50. The first-order chi connectivity index (χ1) is 24.3. The molecule has 0 saturated carbocycles. The Morgan fingerprint density at radius 3 is 1.71 bits per heavy atom. The van der Waals surface area contributed by atoms with Crippen LogP contribution in [0.25, 0.3) is 0 Å². The number of hydrogen-bond donors (Lipinski definition) is 12. The van der Waals surface area contributed by atoms with Crippen LogP contribution in [0.4, 0.5) is 0 Å². The van der Waals surface area contributed by atoms with Gasteiger partial charge in [0.1, 0.15) is 85.4 Å². The van der Waals surface area contributed by atoms with Crippen molar-refractivity contribution in [3.63, 3.8) is 0 Å². The summed E-state index contributed by atoms with van der Waals surface area (Å²) in [6, 6.07) is -1.55. The number of carbonyl (C=O) groups is 1. The quantitative estimate of drug-likeness (QED) is 0.0693. The van der Waals surface area contributed by atoms with E-state index < -0.39 is 149 Å². The van der Waals surface area contributed by atoms with Gasteiger partial charge in [0.15, 0.2) is 25.2 Å². The number of amides is 1. The molecule has 0 aromatic carbocycles. The van der Waals surface area contributed by atoms with Gasteiger partial charge in [-0.1, -0.05) is 13.3 Å². The molecule has 0 bridgehead atoms. The largest absolute Gasteiger partial charge is 0.394 e. The predicted octanol–water partition coefficient (Wildman–Crippen LogP) is -6.75. The van der Waals surface area contributed by atoms with Crippen molar-refractivity contribution in [3.8, 4) is 0 Å². The zero-order valence-corrected chi connectivity index (χ0v) is 28.2. The smallest absolute Gasteiger partial charge is 0.217 e. The summed E-state index contributed by atoms with van der Waals surface area (Å²) in [5.41, 5.74) is 0. The van der Waals surface area contributed by atoms with E-state index in [1.54, 1.807) is 0 Å². The molecule has 0 aliphatic carbocycles. The maximum Gasteiger partial charge on any atom is 0.217 e. The van der Waals surface area contributed by atoms with Crippen LogP contribution >= 0.6 is 0 Å². The van der Waals surface area contributed by atoms with Crippen molar-refractivity contribution >= 4 is 5.91 Å². The van der Waals surface area contributed by atoms with Crippen LogP contribution in [0, 0.1) is 0 Å². The van der Waals surface area contributed by atoms with Gasteiger partial charge in [-0.25, -0.2) is 0 Å². The van der Waals surface area contributed by atoms with Gasteiger partial charge in [-0.05, 0) is 6.42 Å². The van der Waals surface area contributed by atoms with E-state index in [0.717, 1.165) is 13.3 Å². The summed E-state index contributed by atoms with van der Waals surface area (Å²) in [6.07, 6.45) is -27.0. The molecule has 19 atom stereocenters. The van der Waals surface area contributed by atoms with Crippen LogP contribution in [0.5, 0.6) is 0 Å². The number of hydrogen-bond acceptors (Lipinski definition) is 20. The fourth-order valence-corrected chi connectivity index (χ4v) is 6.37. The third kappa shape index (κ3) is 9.88. The van der Waals surface area contributed by atoms with Crippen LogP contribution in [0.15, 0.2) is 0 Å². The summed E-state index contributed by atoms with van der Waals surface area (Å²) in [5, 5.41) is 117. The lowest BCUT2D eigenvalue weighted by molar-refractivity contribution is -0.374. The highest BCUT2D eigenvalue weighted by molar-refractivity contribution is 5.73. The molecule has 21 nitrogen and oxygen atoms in total. The summed E-state index contributed by atoms with van der Waals surface area (Å²) < 4.78 is 45.7. The van der Waals surface area contributed by atoms with Crippen LogP contribution < -0.4 is 5.32 Å². The molecule has 0 radical (unpaired) electrons.